The fourth-order valence-electron chi connectivity index (χ4n) is 2.14. The third kappa shape index (κ3) is 2.30. The zero-order valence-electron chi connectivity index (χ0n) is 10.3. The largest absolute Gasteiger partial charge is 0.530 e. The molecule has 0 spiro atoms. The smallest absolute Gasteiger partial charge is 0.255 e. The van der Waals surface area contributed by atoms with Crippen molar-refractivity contribution >= 4 is 17.7 Å². The van der Waals surface area contributed by atoms with E-state index in [0.29, 0.717) is 11.3 Å². The minimum Gasteiger partial charge on any atom is -0.530 e. The molecule has 0 bridgehead atoms. The Hall–Kier alpha value is -2.04. The van der Waals surface area contributed by atoms with Crippen molar-refractivity contribution in [1.82, 2.24) is 4.90 Å². The summed E-state index contributed by atoms with van der Waals surface area (Å²) in [4.78, 5) is 25.9. The first kappa shape index (κ1) is 12.4. The molecule has 5 heteroatoms. The topological polar surface area (TPSA) is 63.7 Å². The van der Waals surface area contributed by atoms with Crippen molar-refractivity contribution in [1.29, 1.82) is 0 Å². The average molecular weight is 247 g/mol. The molecular weight excluding hydrogens is 232 g/mol. The molecule has 0 aromatic heterocycles. The predicted molar refractivity (Wildman–Crippen MR) is 65.4 cm³/mol. The number of amides is 2. The second kappa shape index (κ2) is 5.08. The Balaban J connectivity index is 2.32. The van der Waals surface area contributed by atoms with E-state index in [2.05, 4.69) is 0 Å². The number of anilines is 1. The van der Waals surface area contributed by atoms with Crippen LogP contribution in [-0.4, -0.2) is 37.0 Å². The van der Waals surface area contributed by atoms with E-state index in [4.69, 9.17) is 0 Å². The molecule has 1 heterocycles. The number of hydrogen-bond acceptors (Lipinski definition) is 3. The highest BCUT2D eigenvalue weighted by atomic mass is 16.4. The van der Waals surface area contributed by atoms with Crippen LogP contribution in [0.3, 0.4) is 0 Å². The molecule has 0 unspecified atom stereocenters. The number of likely N-dealkylation sites (tertiary alicyclic amines) is 1. The molecule has 0 atom stereocenters. The lowest BCUT2D eigenvalue weighted by atomic mass is 10.1. The third-order valence-corrected chi connectivity index (χ3v) is 3.16. The summed E-state index contributed by atoms with van der Waals surface area (Å²) < 4.78 is 0. The molecule has 1 aromatic rings. The van der Waals surface area contributed by atoms with Gasteiger partial charge in [0.05, 0.1) is 11.3 Å². The molecule has 2 rings (SSSR count). The zero-order chi connectivity index (χ0) is 13.1. The van der Waals surface area contributed by atoms with Crippen molar-refractivity contribution < 1.29 is 14.7 Å². The summed E-state index contributed by atoms with van der Waals surface area (Å²) >= 11 is 0. The molecule has 1 aliphatic heterocycles. The van der Waals surface area contributed by atoms with Crippen LogP contribution in [0, 0.1) is 0 Å². The normalized spacial score (nSPS) is 14.6. The summed E-state index contributed by atoms with van der Waals surface area (Å²) in [6.45, 7) is 1.48. The van der Waals surface area contributed by atoms with Gasteiger partial charge in [-0.1, -0.05) is 12.1 Å². The van der Waals surface area contributed by atoms with Crippen molar-refractivity contribution in [3.8, 4) is 0 Å². The second-order valence-electron chi connectivity index (χ2n) is 4.34. The van der Waals surface area contributed by atoms with Crippen molar-refractivity contribution in [2.75, 3.05) is 25.0 Å². The number of nitrogens with zero attached hydrogens (tertiary/aromatic N) is 2. The second-order valence-corrected chi connectivity index (χ2v) is 4.34. The van der Waals surface area contributed by atoms with Gasteiger partial charge in [-0.05, 0) is 25.0 Å². The lowest BCUT2D eigenvalue weighted by Crippen LogP contribution is -2.40. The van der Waals surface area contributed by atoms with E-state index in [1.54, 1.807) is 29.2 Å². The summed E-state index contributed by atoms with van der Waals surface area (Å²) in [6.07, 6.45) is 0.686. The van der Waals surface area contributed by atoms with Gasteiger partial charge in [0.1, 0.15) is 6.09 Å². The van der Waals surface area contributed by atoms with Crippen LogP contribution in [0.25, 0.3) is 0 Å². The molecule has 1 aliphatic rings. The van der Waals surface area contributed by atoms with E-state index in [9.17, 15) is 14.7 Å². The summed E-state index contributed by atoms with van der Waals surface area (Å²) in [5, 5.41) is 10.9. The van der Waals surface area contributed by atoms with Crippen LogP contribution in [0.15, 0.2) is 24.3 Å². The number of hydrogen-bond donors (Lipinski definition) is 0. The van der Waals surface area contributed by atoms with Crippen LogP contribution in [-0.2, 0) is 0 Å². The van der Waals surface area contributed by atoms with Gasteiger partial charge < -0.3 is 19.7 Å². The Bertz CT molecular complexity index is 467. The predicted octanol–water partition coefficient (Wildman–Crippen LogP) is 0.702. The molecule has 0 aliphatic carbocycles. The number of rotatable bonds is 2. The molecule has 18 heavy (non-hydrogen) atoms. The highest BCUT2D eigenvalue weighted by molar-refractivity contribution is 6.02. The Morgan fingerprint density at radius 3 is 2.44 bits per heavy atom. The van der Waals surface area contributed by atoms with Crippen molar-refractivity contribution in [3.05, 3.63) is 29.8 Å². The summed E-state index contributed by atoms with van der Waals surface area (Å²) in [7, 11) is 1.38. The quantitative estimate of drug-likeness (QED) is 0.772. The average Bonchev–Trinajstić information content (AvgIpc) is 2.90. The monoisotopic (exact) mass is 247 g/mol. The lowest BCUT2D eigenvalue weighted by molar-refractivity contribution is -0.246. The molecule has 0 saturated carbocycles. The number of carbonyl (C=O) groups is 2. The number of benzene rings is 1. The van der Waals surface area contributed by atoms with Crippen LogP contribution in [0.4, 0.5) is 10.5 Å². The maximum absolute atomic E-state index is 12.3. The van der Waals surface area contributed by atoms with Crippen molar-refractivity contribution in [2.45, 2.75) is 12.8 Å². The minimum atomic E-state index is -1.32. The fourth-order valence-corrected chi connectivity index (χ4v) is 2.14. The van der Waals surface area contributed by atoms with Crippen molar-refractivity contribution in [3.63, 3.8) is 0 Å². The first-order valence-electron chi connectivity index (χ1n) is 5.94. The maximum Gasteiger partial charge on any atom is 0.255 e. The molecule has 1 aromatic carbocycles. The molecule has 0 N–H and O–H groups in total. The van der Waals surface area contributed by atoms with Crippen LogP contribution in [0.2, 0.25) is 0 Å². The van der Waals surface area contributed by atoms with Gasteiger partial charge in [0.15, 0.2) is 0 Å². The van der Waals surface area contributed by atoms with Gasteiger partial charge in [0.25, 0.3) is 5.91 Å². The molecule has 1 fully saturated rings. The number of para-hydroxylation sites is 1. The Morgan fingerprint density at radius 2 is 1.83 bits per heavy atom. The van der Waals surface area contributed by atoms with Gasteiger partial charge in [0.2, 0.25) is 0 Å². The van der Waals surface area contributed by atoms with Crippen LogP contribution in [0.1, 0.15) is 23.2 Å². The van der Waals surface area contributed by atoms with Crippen molar-refractivity contribution in [2.24, 2.45) is 0 Å². The Morgan fingerprint density at radius 1 is 1.22 bits per heavy atom. The van der Waals surface area contributed by atoms with E-state index >= 15 is 0 Å². The maximum atomic E-state index is 12.3. The third-order valence-electron chi connectivity index (χ3n) is 3.16. The minimum absolute atomic E-state index is 0.115. The highest BCUT2D eigenvalue weighted by Gasteiger charge is 2.22. The van der Waals surface area contributed by atoms with Gasteiger partial charge >= 0.3 is 0 Å². The molecule has 0 radical (unpaired) electrons. The first-order valence-corrected chi connectivity index (χ1v) is 5.94. The van der Waals surface area contributed by atoms with E-state index < -0.39 is 6.09 Å². The van der Waals surface area contributed by atoms with E-state index in [-0.39, 0.29) is 5.91 Å². The number of carbonyl (C=O) groups excluding carboxylic acids is 2. The molecule has 1 saturated heterocycles. The Kier molecular flexibility index (Phi) is 3.50. The molecule has 96 valence electrons. The molecule has 5 nitrogen and oxygen atoms in total. The van der Waals surface area contributed by atoms with Gasteiger partial charge in [-0.3, -0.25) is 4.79 Å². The highest BCUT2D eigenvalue weighted by Crippen LogP contribution is 2.22. The van der Waals surface area contributed by atoms with Crippen LogP contribution in [0.5, 0.6) is 0 Å². The lowest BCUT2D eigenvalue weighted by Gasteiger charge is -2.24. The van der Waals surface area contributed by atoms with E-state index in [0.717, 1.165) is 30.8 Å². The SMILES string of the molecule is CN(C(=O)[O-])c1ccccc1C(=O)N1CCCC1. The summed E-state index contributed by atoms with van der Waals surface area (Å²) in [5.41, 5.74) is 0.778. The van der Waals surface area contributed by atoms with Gasteiger partial charge in [0, 0.05) is 20.1 Å². The first-order chi connectivity index (χ1) is 8.61. The fraction of sp³-hybridized carbons (Fsp3) is 0.385. The van der Waals surface area contributed by atoms with Crippen LogP contribution < -0.4 is 10.0 Å². The number of carboxylic acid groups (broad SMARTS) is 1. The summed E-state index contributed by atoms with van der Waals surface area (Å²) in [5.74, 6) is -0.115. The molecule has 2 amide bonds. The van der Waals surface area contributed by atoms with Gasteiger partial charge in [-0.25, -0.2) is 0 Å². The van der Waals surface area contributed by atoms with E-state index in [1.807, 2.05) is 0 Å². The Labute approximate surface area is 106 Å². The van der Waals surface area contributed by atoms with Gasteiger partial charge in [-0.15, -0.1) is 0 Å². The van der Waals surface area contributed by atoms with Crippen LogP contribution >= 0.6 is 0 Å². The zero-order valence-corrected chi connectivity index (χ0v) is 10.3. The standard InChI is InChI=1S/C13H16N2O3/c1-14(13(17)18)11-7-3-2-6-10(11)12(16)15-8-4-5-9-15/h2-3,6-7H,4-5,8-9H2,1H3,(H,17,18)/p-1. The molecular formula is C13H15N2O3-. The summed E-state index contributed by atoms with van der Waals surface area (Å²) in [6, 6.07) is 6.69. The van der Waals surface area contributed by atoms with Gasteiger partial charge in [-0.2, -0.15) is 0 Å². The van der Waals surface area contributed by atoms with E-state index in [1.165, 1.54) is 7.05 Å².